The van der Waals surface area contributed by atoms with Gasteiger partial charge in [-0.15, -0.1) is 0 Å². The summed E-state index contributed by atoms with van der Waals surface area (Å²) in [5, 5.41) is 0. The number of piperidine rings is 1. The van der Waals surface area contributed by atoms with E-state index in [9.17, 15) is 4.79 Å². The molecule has 0 bridgehead atoms. The Morgan fingerprint density at radius 3 is 2.18 bits per heavy atom. The first-order valence-corrected chi connectivity index (χ1v) is 12.3. The molecule has 1 aromatic carbocycles. The van der Waals surface area contributed by atoms with E-state index < -0.39 is 0 Å². The van der Waals surface area contributed by atoms with Crippen molar-refractivity contribution in [3.8, 4) is 0 Å². The minimum absolute atomic E-state index is 0.0813. The maximum absolute atomic E-state index is 13.2. The third-order valence-corrected chi connectivity index (χ3v) is 8.07. The lowest BCUT2D eigenvalue weighted by Crippen LogP contribution is -2.62. The smallest absolute Gasteiger partial charge is 0.257 e. The summed E-state index contributed by atoms with van der Waals surface area (Å²) in [5.41, 5.74) is 5.07. The van der Waals surface area contributed by atoms with Crippen molar-refractivity contribution >= 4 is 5.91 Å². The molecule has 1 amide bonds. The van der Waals surface area contributed by atoms with E-state index in [4.69, 9.17) is 0 Å². The molecule has 3 heterocycles. The minimum Gasteiger partial charge on any atom is -0.338 e. The third-order valence-electron chi connectivity index (χ3n) is 8.07. The fourth-order valence-corrected chi connectivity index (χ4v) is 5.64. The molecule has 0 aliphatic carbocycles. The zero-order valence-corrected chi connectivity index (χ0v) is 21.1. The summed E-state index contributed by atoms with van der Waals surface area (Å²) >= 11 is 0. The van der Waals surface area contributed by atoms with Crippen LogP contribution in [0, 0.1) is 20.8 Å². The Balaban J connectivity index is 1.37. The third kappa shape index (κ3) is 4.82. The number of carbonyl (C=O) groups is 1. The average Bonchev–Trinajstić information content (AvgIpc) is 2.79. The number of aryl methyl sites for hydroxylation is 3. The zero-order valence-electron chi connectivity index (χ0n) is 21.1. The number of hydrogen-bond donors (Lipinski definition) is 0. The molecule has 2 aromatic rings. The number of hydrogen-bond acceptors (Lipinski definition) is 5. The van der Waals surface area contributed by atoms with E-state index in [1.807, 2.05) is 18.7 Å². The van der Waals surface area contributed by atoms with Gasteiger partial charge in [-0.2, -0.15) is 0 Å². The van der Waals surface area contributed by atoms with Crippen molar-refractivity contribution in [3.63, 3.8) is 0 Å². The van der Waals surface area contributed by atoms with Crippen molar-refractivity contribution in [2.24, 2.45) is 0 Å². The van der Waals surface area contributed by atoms with Crippen LogP contribution >= 0.6 is 0 Å². The van der Waals surface area contributed by atoms with Crippen LogP contribution in [-0.4, -0.2) is 74.9 Å². The molecule has 2 fully saturated rings. The second-order valence-corrected chi connectivity index (χ2v) is 10.3. The van der Waals surface area contributed by atoms with Crippen molar-refractivity contribution in [1.29, 1.82) is 0 Å². The second kappa shape index (κ2) is 9.51. The van der Waals surface area contributed by atoms with Crippen LogP contribution in [0.5, 0.6) is 0 Å². The lowest BCUT2D eigenvalue weighted by atomic mass is 9.86. The molecule has 0 spiro atoms. The normalized spacial score (nSPS) is 22.8. The molecule has 2 aliphatic rings. The first kappa shape index (κ1) is 23.8. The van der Waals surface area contributed by atoms with Gasteiger partial charge in [-0.25, -0.2) is 9.97 Å². The van der Waals surface area contributed by atoms with Gasteiger partial charge in [0.1, 0.15) is 6.33 Å². The molecular weight excluding hydrogens is 410 g/mol. The van der Waals surface area contributed by atoms with E-state index in [2.05, 4.69) is 71.7 Å². The lowest BCUT2D eigenvalue weighted by Gasteiger charge is -2.52. The molecule has 33 heavy (non-hydrogen) atoms. The number of rotatable bonds is 4. The Kier molecular flexibility index (Phi) is 6.87. The number of benzene rings is 1. The number of aromatic nitrogens is 2. The summed E-state index contributed by atoms with van der Waals surface area (Å²) < 4.78 is 0. The van der Waals surface area contributed by atoms with Crippen LogP contribution in [0.1, 0.15) is 72.5 Å². The van der Waals surface area contributed by atoms with Crippen LogP contribution in [0.3, 0.4) is 0 Å². The number of nitrogens with zero attached hydrogens (tertiary/aromatic N) is 5. The molecular formula is C27H39N5O. The summed E-state index contributed by atoms with van der Waals surface area (Å²) in [6.45, 7) is 17.8. The predicted molar refractivity (Wildman–Crippen MR) is 132 cm³/mol. The second-order valence-electron chi connectivity index (χ2n) is 10.3. The predicted octanol–water partition coefficient (Wildman–Crippen LogP) is 4.16. The molecule has 6 nitrogen and oxygen atoms in total. The maximum Gasteiger partial charge on any atom is 0.257 e. The van der Waals surface area contributed by atoms with Crippen molar-refractivity contribution < 1.29 is 4.79 Å². The van der Waals surface area contributed by atoms with E-state index in [1.54, 1.807) is 0 Å². The van der Waals surface area contributed by atoms with Crippen molar-refractivity contribution in [2.45, 2.75) is 72.0 Å². The zero-order chi connectivity index (χ0) is 23.8. The van der Waals surface area contributed by atoms with Crippen LogP contribution in [0.4, 0.5) is 0 Å². The highest BCUT2D eigenvalue weighted by molar-refractivity contribution is 5.96. The van der Waals surface area contributed by atoms with E-state index in [-0.39, 0.29) is 11.4 Å². The Morgan fingerprint density at radius 1 is 1.00 bits per heavy atom. The Labute approximate surface area is 199 Å². The fraction of sp³-hybridized carbons (Fsp3) is 0.593. The maximum atomic E-state index is 13.2. The topological polar surface area (TPSA) is 52.6 Å². The summed E-state index contributed by atoms with van der Waals surface area (Å²) in [7, 11) is 0. The van der Waals surface area contributed by atoms with Gasteiger partial charge < -0.3 is 4.90 Å². The van der Waals surface area contributed by atoms with Crippen molar-refractivity contribution in [3.05, 3.63) is 58.7 Å². The number of likely N-dealkylation sites (tertiary alicyclic amines) is 1. The van der Waals surface area contributed by atoms with Crippen LogP contribution in [0.2, 0.25) is 0 Å². The average molecular weight is 450 g/mol. The standard InChI is InChI=1S/C27H39N5O/c1-19-7-9-24(10-8-19)23(5)32-16-15-31(17-20(32)2)27(6)11-13-30(14-12-27)26(33)25-21(3)28-18-29-22(25)4/h7-10,18,20,23H,11-17H2,1-6H3/t20-,23-/m0/s1. The summed E-state index contributed by atoms with van der Waals surface area (Å²) in [4.78, 5) is 29.0. The number of piperazine rings is 1. The van der Waals surface area contributed by atoms with Crippen LogP contribution < -0.4 is 0 Å². The van der Waals surface area contributed by atoms with E-state index in [1.165, 1.54) is 17.5 Å². The monoisotopic (exact) mass is 449 g/mol. The summed E-state index contributed by atoms with van der Waals surface area (Å²) in [5.74, 6) is 0.0813. The van der Waals surface area contributed by atoms with E-state index in [0.717, 1.165) is 57.0 Å². The van der Waals surface area contributed by atoms with Gasteiger partial charge in [0.2, 0.25) is 0 Å². The molecule has 2 aliphatic heterocycles. The SMILES string of the molecule is Cc1ccc([C@H](C)N2CCN(C3(C)CCN(C(=O)c4c(C)ncnc4C)CC3)C[C@@H]2C)cc1. The molecule has 4 rings (SSSR count). The van der Waals surface area contributed by atoms with Crippen LogP contribution in [-0.2, 0) is 0 Å². The molecule has 2 saturated heterocycles. The van der Waals surface area contributed by atoms with Gasteiger partial charge in [0.25, 0.3) is 5.91 Å². The van der Waals surface area contributed by atoms with E-state index in [0.29, 0.717) is 17.6 Å². The quantitative estimate of drug-likeness (QED) is 0.701. The van der Waals surface area contributed by atoms with Gasteiger partial charge in [0.15, 0.2) is 0 Å². The Bertz CT molecular complexity index is 960. The highest BCUT2D eigenvalue weighted by Gasteiger charge is 2.40. The van der Waals surface area contributed by atoms with Gasteiger partial charge in [-0.1, -0.05) is 29.8 Å². The summed E-state index contributed by atoms with van der Waals surface area (Å²) in [6, 6.07) is 9.90. The molecule has 0 saturated carbocycles. The first-order valence-electron chi connectivity index (χ1n) is 12.3. The van der Waals surface area contributed by atoms with Gasteiger partial charge >= 0.3 is 0 Å². The highest BCUT2D eigenvalue weighted by Crippen LogP contribution is 2.33. The summed E-state index contributed by atoms with van der Waals surface area (Å²) in [6.07, 6.45) is 3.55. The number of carbonyl (C=O) groups excluding carboxylic acids is 1. The number of amides is 1. The Morgan fingerprint density at radius 2 is 1.61 bits per heavy atom. The molecule has 178 valence electrons. The molecule has 6 heteroatoms. The fourth-order valence-electron chi connectivity index (χ4n) is 5.64. The minimum atomic E-state index is 0.0813. The molecule has 1 aromatic heterocycles. The molecule has 0 unspecified atom stereocenters. The highest BCUT2D eigenvalue weighted by atomic mass is 16.2. The largest absolute Gasteiger partial charge is 0.338 e. The van der Waals surface area contributed by atoms with Crippen molar-refractivity contribution in [1.82, 2.24) is 24.7 Å². The lowest BCUT2D eigenvalue weighted by molar-refractivity contribution is -0.0278. The van der Waals surface area contributed by atoms with Crippen molar-refractivity contribution in [2.75, 3.05) is 32.7 Å². The van der Waals surface area contributed by atoms with Gasteiger partial charge in [-0.05, 0) is 59.9 Å². The Hall–Kier alpha value is -2.31. The van der Waals surface area contributed by atoms with E-state index >= 15 is 0 Å². The molecule has 0 radical (unpaired) electrons. The van der Waals surface area contributed by atoms with Gasteiger partial charge in [0, 0.05) is 50.3 Å². The molecule has 0 N–H and O–H groups in total. The van der Waals surface area contributed by atoms with Gasteiger partial charge in [-0.3, -0.25) is 14.6 Å². The van der Waals surface area contributed by atoms with Crippen LogP contribution in [0.25, 0.3) is 0 Å². The van der Waals surface area contributed by atoms with Gasteiger partial charge in [0.05, 0.1) is 17.0 Å². The first-order chi connectivity index (χ1) is 15.7. The molecule has 2 atom stereocenters. The van der Waals surface area contributed by atoms with Crippen LogP contribution in [0.15, 0.2) is 30.6 Å².